The van der Waals surface area contributed by atoms with Crippen LogP contribution in [0, 0.1) is 11.3 Å². The van der Waals surface area contributed by atoms with E-state index in [-0.39, 0.29) is 12.1 Å². The molecular formula is C27H23BrF3N3O. The molecule has 0 saturated heterocycles. The molecule has 0 unspecified atom stereocenters. The van der Waals surface area contributed by atoms with E-state index in [1.807, 2.05) is 42.5 Å². The summed E-state index contributed by atoms with van der Waals surface area (Å²) in [6.45, 7) is 0.888. The standard InChI is InChI=1S/C27H23BrF3N3O/c28-22-6-1-4-19(16-22)25(8-3-14-32)33-26(35)34-15-13-24-20(17-34)5-2-7-23(24)18-9-11-21(12-10-18)27(29,30)31/h1-2,4-7,9-12,16,25H,3,8,13,15,17H2,(H,33,35)/t25-/m0/s1. The summed E-state index contributed by atoms with van der Waals surface area (Å²) in [6, 6.07) is 20.2. The van der Waals surface area contributed by atoms with Crippen molar-refractivity contribution in [3.8, 4) is 17.2 Å². The first-order chi connectivity index (χ1) is 16.8. The molecule has 1 atom stereocenters. The van der Waals surface area contributed by atoms with Crippen LogP contribution in [-0.2, 0) is 19.1 Å². The van der Waals surface area contributed by atoms with Crippen LogP contribution in [0.5, 0.6) is 0 Å². The van der Waals surface area contributed by atoms with Crippen LogP contribution in [0.4, 0.5) is 18.0 Å². The van der Waals surface area contributed by atoms with Crippen LogP contribution in [0.25, 0.3) is 11.1 Å². The molecule has 4 rings (SSSR count). The molecule has 0 spiro atoms. The maximum Gasteiger partial charge on any atom is 0.416 e. The zero-order chi connectivity index (χ0) is 25.0. The number of alkyl halides is 3. The number of amides is 2. The summed E-state index contributed by atoms with van der Waals surface area (Å²) in [7, 11) is 0. The van der Waals surface area contributed by atoms with E-state index in [0.717, 1.165) is 44.4 Å². The smallest absolute Gasteiger partial charge is 0.331 e. The maximum atomic E-state index is 13.1. The Balaban J connectivity index is 1.51. The predicted octanol–water partition coefficient (Wildman–Crippen LogP) is 7.25. The van der Waals surface area contributed by atoms with Gasteiger partial charge >= 0.3 is 12.2 Å². The normalized spacial score (nSPS) is 14.1. The van der Waals surface area contributed by atoms with E-state index in [0.29, 0.717) is 32.4 Å². The number of benzene rings is 3. The lowest BCUT2D eigenvalue weighted by Crippen LogP contribution is -2.44. The number of nitriles is 1. The fourth-order valence-corrected chi connectivity index (χ4v) is 4.80. The minimum Gasteiger partial charge on any atom is -0.331 e. The SMILES string of the molecule is N#CCC[C@H](NC(=O)N1CCc2c(cccc2-c2ccc(C(F)(F)F)cc2)C1)c1cccc(Br)c1. The first-order valence-corrected chi connectivity index (χ1v) is 12.0. The minimum atomic E-state index is -4.37. The van der Waals surface area contributed by atoms with Crippen LogP contribution < -0.4 is 5.32 Å². The van der Waals surface area contributed by atoms with E-state index in [2.05, 4.69) is 27.3 Å². The number of rotatable bonds is 5. The summed E-state index contributed by atoms with van der Waals surface area (Å²) in [5.74, 6) is 0. The molecule has 4 nitrogen and oxygen atoms in total. The summed E-state index contributed by atoms with van der Waals surface area (Å²) >= 11 is 3.46. The van der Waals surface area contributed by atoms with Gasteiger partial charge in [0, 0.05) is 24.0 Å². The van der Waals surface area contributed by atoms with Crippen molar-refractivity contribution in [3.05, 3.63) is 93.5 Å². The third kappa shape index (κ3) is 5.85. The highest BCUT2D eigenvalue weighted by atomic mass is 79.9. The third-order valence-corrected chi connectivity index (χ3v) is 6.66. The van der Waals surface area contributed by atoms with Gasteiger partial charge in [-0.1, -0.05) is 58.4 Å². The Bertz CT molecular complexity index is 1250. The quantitative estimate of drug-likeness (QED) is 0.369. The molecule has 1 aliphatic heterocycles. The van der Waals surface area contributed by atoms with Gasteiger partial charge in [0.25, 0.3) is 0 Å². The highest BCUT2D eigenvalue weighted by molar-refractivity contribution is 9.10. The van der Waals surface area contributed by atoms with Crippen molar-refractivity contribution >= 4 is 22.0 Å². The zero-order valence-electron chi connectivity index (χ0n) is 18.8. The van der Waals surface area contributed by atoms with Crippen molar-refractivity contribution in [2.75, 3.05) is 6.54 Å². The number of carbonyl (C=O) groups excluding carboxylic acids is 1. The molecule has 180 valence electrons. The second-order valence-electron chi connectivity index (χ2n) is 8.44. The van der Waals surface area contributed by atoms with E-state index < -0.39 is 11.7 Å². The lowest BCUT2D eigenvalue weighted by molar-refractivity contribution is -0.137. The fourth-order valence-electron chi connectivity index (χ4n) is 4.39. The molecule has 0 fully saturated rings. The van der Waals surface area contributed by atoms with E-state index in [1.165, 1.54) is 12.1 Å². The number of halogens is 4. The van der Waals surface area contributed by atoms with Crippen molar-refractivity contribution in [1.29, 1.82) is 5.26 Å². The van der Waals surface area contributed by atoms with E-state index in [4.69, 9.17) is 5.26 Å². The number of hydrogen-bond acceptors (Lipinski definition) is 2. The number of nitrogens with one attached hydrogen (secondary N) is 1. The zero-order valence-corrected chi connectivity index (χ0v) is 20.4. The first-order valence-electron chi connectivity index (χ1n) is 11.2. The average molecular weight is 542 g/mol. The molecule has 1 heterocycles. The molecule has 8 heteroatoms. The molecule has 1 aliphatic rings. The highest BCUT2D eigenvalue weighted by Gasteiger charge is 2.30. The third-order valence-electron chi connectivity index (χ3n) is 6.17. The Morgan fingerprint density at radius 3 is 2.54 bits per heavy atom. The Labute approximate surface area is 210 Å². The van der Waals surface area contributed by atoms with Gasteiger partial charge in [-0.2, -0.15) is 18.4 Å². The minimum absolute atomic E-state index is 0.210. The van der Waals surface area contributed by atoms with Gasteiger partial charge in [-0.25, -0.2) is 4.79 Å². The number of urea groups is 1. The summed E-state index contributed by atoms with van der Waals surface area (Å²) < 4.78 is 39.7. The van der Waals surface area contributed by atoms with Crippen molar-refractivity contribution in [2.24, 2.45) is 0 Å². The second-order valence-corrected chi connectivity index (χ2v) is 9.36. The Morgan fingerprint density at radius 1 is 1.11 bits per heavy atom. The van der Waals surface area contributed by atoms with Crippen molar-refractivity contribution in [3.63, 3.8) is 0 Å². The number of fused-ring (bicyclic) bond motifs is 1. The number of hydrogen-bond donors (Lipinski definition) is 1. The molecule has 0 aromatic heterocycles. The second kappa shape index (κ2) is 10.5. The van der Waals surface area contributed by atoms with Gasteiger partial charge < -0.3 is 10.2 Å². The van der Waals surface area contributed by atoms with Crippen LogP contribution in [0.1, 0.15) is 41.1 Å². The van der Waals surface area contributed by atoms with Crippen LogP contribution in [0.3, 0.4) is 0 Å². The molecule has 0 radical (unpaired) electrons. The molecular weight excluding hydrogens is 519 g/mol. The molecule has 0 aliphatic carbocycles. The highest BCUT2D eigenvalue weighted by Crippen LogP contribution is 2.34. The van der Waals surface area contributed by atoms with Crippen LogP contribution in [0.15, 0.2) is 71.2 Å². The molecule has 3 aromatic carbocycles. The molecule has 0 saturated carbocycles. The molecule has 0 bridgehead atoms. The molecule has 2 amide bonds. The maximum absolute atomic E-state index is 13.1. The topological polar surface area (TPSA) is 56.1 Å². The fraction of sp³-hybridized carbons (Fsp3) is 0.259. The van der Waals surface area contributed by atoms with Gasteiger partial charge in [0.05, 0.1) is 17.7 Å². The van der Waals surface area contributed by atoms with Gasteiger partial charge in [-0.3, -0.25) is 0 Å². The first kappa shape index (κ1) is 24.8. The predicted molar refractivity (Wildman–Crippen MR) is 131 cm³/mol. The Morgan fingerprint density at radius 2 is 1.86 bits per heavy atom. The molecule has 3 aromatic rings. The van der Waals surface area contributed by atoms with Crippen molar-refractivity contribution < 1.29 is 18.0 Å². The summed E-state index contributed by atoms with van der Waals surface area (Å²) in [4.78, 5) is 14.9. The lowest BCUT2D eigenvalue weighted by atomic mass is 9.90. The van der Waals surface area contributed by atoms with E-state index in [1.54, 1.807) is 4.90 Å². The summed E-state index contributed by atoms with van der Waals surface area (Å²) in [5.41, 5.74) is 3.87. The van der Waals surface area contributed by atoms with Gasteiger partial charge in [0.2, 0.25) is 0 Å². The Hall–Kier alpha value is -3.31. The van der Waals surface area contributed by atoms with Gasteiger partial charge in [-0.15, -0.1) is 0 Å². The molecule has 1 N–H and O–H groups in total. The van der Waals surface area contributed by atoms with Gasteiger partial charge in [0.15, 0.2) is 0 Å². The van der Waals surface area contributed by atoms with Crippen LogP contribution in [0.2, 0.25) is 0 Å². The number of nitrogens with zero attached hydrogens (tertiary/aromatic N) is 2. The van der Waals surface area contributed by atoms with Crippen LogP contribution >= 0.6 is 15.9 Å². The van der Waals surface area contributed by atoms with Gasteiger partial charge in [0.1, 0.15) is 0 Å². The number of carbonyl (C=O) groups is 1. The molecule has 35 heavy (non-hydrogen) atoms. The summed E-state index contributed by atoms with van der Waals surface area (Å²) in [6.07, 6.45) is -2.96. The van der Waals surface area contributed by atoms with E-state index >= 15 is 0 Å². The summed E-state index contributed by atoms with van der Waals surface area (Å²) in [5, 5.41) is 12.1. The largest absolute Gasteiger partial charge is 0.416 e. The van der Waals surface area contributed by atoms with Crippen molar-refractivity contribution in [2.45, 2.75) is 38.0 Å². The van der Waals surface area contributed by atoms with Crippen molar-refractivity contribution in [1.82, 2.24) is 10.2 Å². The van der Waals surface area contributed by atoms with Crippen LogP contribution in [-0.4, -0.2) is 17.5 Å². The average Bonchev–Trinajstić information content (AvgIpc) is 2.85. The van der Waals surface area contributed by atoms with E-state index in [9.17, 15) is 18.0 Å². The van der Waals surface area contributed by atoms with Gasteiger partial charge in [-0.05, 0) is 64.9 Å². The Kier molecular flexibility index (Phi) is 7.46. The lowest BCUT2D eigenvalue weighted by Gasteiger charge is -2.32. The monoisotopic (exact) mass is 541 g/mol.